The van der Waals surface area contributed by atoms with Gasteiger partial charge in [0.25, 0.3) is 5.91 Å². The summed E-state index contributed by atoms with van der Waals surface area (Å²) in [5.41, 5.74) is 0.675. The predicted molar refractivity (Wildman–Crippen MR) is 111 cm³/mol. The number of guanidine groups is 1. The molecular formula is C16H26BrIN4O. The molecule has 0 radical (unpaired) electrons. The van der Waals surface area contributed by atoms with Crippen LogP contribution in [0.25, 0.3) is 0 Å². The van der Waals surface area contributed by atoms with Crippen LogP contribution < -0.4 is 16.0 Å². The van der Waals surface area contributed by atoms with E-state index in [1.807, 2.05) is 19.1 Å². The Kier molecular flexibility index (Phi) is 13.1. The zero-order valence-corrected chi connectivity index (χ0v) is 17.6. The summed E-state index contributed by atoms with van der Waals surface area (Å²) in [5, 5.41) is 9.37. The van der Waals surface area contributed by atoms with Crippen LogP contribution in [0.1, 0.15) is 37.0 Å². The van der Waals surface area contributed by atoms with Gasteiger partial charge in [-0.2, -0.15) is 0 Å². The van der Waals surface area contributed by atoms with Gasteiger partial charge in [-0.15, -0.1) is 24.0 Å². The molecule has 7 heteroatoms. The number of hydrogen-bond donors (Lipinski definition) is 3. The van der Waals surface area contributed by atoms with Crippen LogP contribution in [0.5, 0.6) is 0 Å². The molecule has 0 spiro atoms. The van der Waals surface area contributed by atoms with Crippen LogP contribution in [0.4, 0.5) is 0 Å². The molecule has 0 aliphatic heterocycles. The molecule has 23 heavy (non-hydrogen) atoms. The molecule has 3 N–H and O–H groups in total. The molecule has 130 valence electrons. The van der Waals surface area contributed by atoms with Crippen molar-refractivity contribution >= 4 is 51.8 Å². The molecule has 1 rings (SSSR count). The van der Waals surface area contributed by atoms with Crippen LogP contribution in [0.3, 0.4) is 0 Å². The smallest absolute Gasteiger partial charge is 0.251 e. The third-order valence-electron chi connectivity index (χ3n) is 2.88. The first kappa shape index (κ1) is 22.2. The molecule has 0 heterocycles. The molecule has 0 unspecified atom stereocenters. The molecule has 0 saturated heterocycles. The minimum Gasteiger partial charge on any atom is -0.357 e. The number of rotatable bonds is 8. The Morgan fingerprint density at radius 3 is 2.35 bits per heavy atom. The third kappa shape index (κ3) is 9.80. The lowest BCUT2D eigenvalue weighted by Gasteiger charge is -2.11. The van der Waals surface area contributed by atoms with Gasteiger partial charge in [0.2, 0.25) is 0 Å². The summed E-state index contributed by atoms with van der Waals surface area (Å²) >= 11 is 3.35. The number of carbonyl (C=O) groups excluding carboxylic acids is 1. The van der Waals surface area contributed by atoms with E-state index >= 15 is 0 Å². The number of amides is 1. The minimum absolute atomic E-state index is 0. The quantitative estimate of drug-likeness (QED) is 0.224. The lowest BCUT2D eigenvalue weighted by Crippen LogP contribution is -2.38. The van der Waals surface area contributed by atoms with Crippen LogP contribution in [-0.2, 0) is 0 Å². The summed E-state index contributed by atoms with van der Waals surface area (Å²) in [6.07, 6.45) is 1.87. The summed E-state index contributed by atoms with van der Waals surface area (Å²) in [4.78, 5) is 16.3. The lowest BCUT2D eigenvalue weighted by atomic mass is 10.2. The third-order valence-corrected chi connectivity index (χ3v) is 3.40. The van der Waals surface area contributed by atoms with E-state index in [0.717, 1.165) is 42.9 Å². The van der Waals surface area contributed by atoms with E-state index in [0.29, 0.717) is 12.1 Å². The van der Waals surface area contributed by atoms with Crippen molar-refractivity contribution in [1.29, 1.82) is 0 Å². The van der Waals surface area contributed by atoms with Crippen molar-refractivity contribution < 1.29 is 4.79 Å². The maximum absolute atomic E-state index is 11.9. The largest absolute Gasteiger partial charge is 0.357 e. The highest BCUT2D eigenvalue weighted by molar-refractivity contribution is 14.0. The van der Waals surface area contributed by atoms with Gasteiger partial charge in [0.1, 0.15) is 0 Å². The predicted octanol–water partition coefficient (Wildman–Crippen LogP) is 3.15. The second-order valence-electron chi connectivity index (χ2n) is 4.80. The van der Waals surface area contributed by atoms with Crippen molar-refractivity contribution in [3.63, 3.8) is 0 Å². The number of carbonyl (C=O) groups is 1. The highest BCUT2D eigenvalue weighted by atomic mass is 127. The van der Waals surface area contributed by atoms with Crippen molar-refractivity contribution in [3.05, 3.63) is 34.3 Å². The Morgan fingerprint density at radius 2 is 1.74 bits per heavy atom. The van der Waals surface area contributed by atoms with Gasteiger partial charge in [-0.1, -0.05) is 22.9 Å². The molecule has 5 nitrogen and oxygen atoms in total. The molecule has 1 aromatic rings. The van der Waals surface area contributed by atoms with Crippen molar-refractivity contribution in [3.8, 4) is 0 Å². The van der Waals surface area contributed by atoms with E-state index < -0.39 is 0 Å². The molecule has 0 atom stereocenters. The molecule has 0 aliphatic rings. The Bertz CT molecular complexity index is 479. The summed E-state index contributed by atoms with van der Waals surface area (Å²) in [5.74, 6) is 0.794. The number of halogens is 2. The zero-order valence-electron chi connectivity index (χ0n) is 13.7. The van der Waals surface area contributed by atoms with Gasteiger partial charge in [0.15, 0.2) is 5.96 Å². The Morgan fingerprint density at radius 1 is 1.09 bits per heavy atom. The van der Waals surface area contributed by atoms with Crippen molar-refractivity contribution in [2.45, 2.75) is 26.7 Å². The van der Waals surface area contributed by atoms with Gasteiger partial charge in [-0.3, -0.25) is 9.79 Å². The summed E-state index contributed by atoms with van der Waals surface area (Å²) in [6.45, 7) is 7.21. The van der Waals surface area contributed by atoms with Gasteiger partial charge in [-0.05, 0) is 44.0 Å². The molecule has 0 aliphatic carbocycles. The zero-order chi connectivity index (χ0) is 16.2. The van der Waals surface area contributed by atoms with E-state index in [4.69, 9.17) is 0 Å². The standard InChI is InChI=1S/C16H25BrN4O.HI/c1-3-10-20-16(18-4-2)21-12-5-11-19-15(22)13-6-8-14(17)9-7-13;/h6-9H,3-5,10-12H2,1-2H3,(H,19,22)(H2,18,20,21);1H. The number of benzene rings is 1. The maximum atomic E-state index is 11.9. The molecule has 0 aromatic heterocycles. The van der Waals surface area contributed by atoms with E-state index in [1.54, 1.807) is 12.1 Å². The highest BCUT2D eigenvalue weighted by Crippen LogP contribution is 2.10. The first-order chi connectivity index (χ1) is 10.7. The van der Waals surface area contributed by atoms with E-state index in [-0.39, 0.29) is 29.9 Å². The molecule has 1 aromatic carbocycles. The van der Waals surface area contributed by atoms with Gasteiger partial charge >= 0.3 is 0 Å². The van der Waals surface area contributed by atoms with Crippen LogP contribution in [0, 0.1) is 0 Å². The lowest BCUT2D eigenvalue weighted by molar-refractivity contribution is 0.0953. The Hall–Kier alpha value is -0.830. The SMILES string of the molecule is CCCN=C(NCC)NCCCNC(=O)c1ccc(Br)cc1.I. The fourth-order valence-electron chi connectivity index (χ4n) is 1.77. The Balaban J connectivity index is 0.00000484. The second kappa shape index (κ2) is 13.6. The summed E-state index contributed by atoms with van der Waals surface area (Å²) in [6, 6.07) is 7.34. The monoisotopic (exact) mass is 496 g/mol. The Labute approximate surface area is 164 Å². The van der Waals surface area contributed by atoms with Gasteiger partial charge in [0, 0.05) is 36.2 Å². The highest BCUT2D eigenvalue weighted by Gasteiger charge is 2.04. The van der Waals surface area contributed by atoms with E-state index in [9.17, 15) is 4.79 Å². The van der Waals surface area contributed by atoms with Gasteiger partial charge in [-0.25, -0.2) is 0 Å². The van der Waals surface area contributed by atoms with Crippen LogP contribution in [0.2, 0.25) is 0 Å². The summed E-state index contributed by atoms with van der Waals surface area (Å²) in [7, 11) is 0. The average Bonchev–Trinajstić information content (AvgIpc) is 2.52. The van der Waals surface area contributed by atoms with Crippen molar-refractivity contribution in [2.24, 2.45) is 4.99 Å². The first-order valence-electron chi connectivity index (χ1n) is 7.73. The number of aliphatic imine (C=N–C) groups is 1. The van der Waals surface area contributed by atoms with E-state index in [2.05, 4.69) is 43.8 Å². The van der Waals surface area contributed by atoms with Crippen LogP contribution >= 0.6 is 39.9 Å². The normalized spacial score (nSPS) is 10.7. The number of nitrogens with zero attached hydrogens (tertiary/aromatic N) is 1. The molecule has 1 amide bonds. The fourth-order valence-corrected chi connectivity index (χ4v) is 2.03. The summed E-state index contributed by atoms with van der Waals surface area (Å²) < 4.78 is 0.968. The molecule has 0 bridgehead atoms. The minimum atomic E-state index is -0.0425. The van der Waals surface area contributed by atoms with Crippen LogP contribution in [0.15, 0.2) is 33.7 Å². The maximum Gasteiger partial charge on any atom is 0.251 e. The molecular weight excluding hydrogens is 471 g/mol. The fraction of sp³-hybridized carbons (Fsp3) is 0.500. The van der Waals surface area contributed by atoms with Gasteiger partial charge in [0.05, 0.1) is 0 Å². The van der Waals surface area contributed by atoms with Crippen LogP contribution in [-0.4, -0.2) is 38.0 Å². The van der Waals surface area contributed by atoms with Crippen molar-refractivity contribution in [2.75, 3.05) is 26.2 Å². The number of hydrogen-bond acceptors (Lipinski definition) is 2. The first-order valence-corrected chi connectivity index (χ1v) is 8.52. The topological polar surface area (TPSA) is 65.5 Å². The molecule has 0 fully saturated rings. The number of nitrogens with one attached hydrogen (secondary N) is 3. The molecule has 0 saturated carbocycles. The second-order valence-corrected chi connectivity index (χ2v) is 5.72. The van der Waals surface area contributed by atoms with Gasteiger partial charge < -0.3 is 16.0 Å². The average molecular weight is 497 g/mol. The van der Waals surface area contributed by atoms with E-state index in [1.165, 1.54) is 0 Å². The van der Waals surface area contributed by atoms with Crippen molar-refractivity contribution in [1.82, 2.24) is 16.0 Å².